The molecule has 7 nitrogen and oxygen atoms in total. The molecular formula is C12H14BrN3O4. The summed E-state index contributed by atoms with van der Waals surface area (Å²) in [6, 6.07) is 0.0397. The standard InChI is InChI=1S/C12H14BrN3O4/c13-9-5-14-10(20-9)11(17)16-7-1-2-8(16)4-6(3-7)15-12(18)19/h5-8,15H,1-4H2,(H,18,19). The van der Waals surface area contributed by atoms with Crippen LogP contribution in [0.5, 0.6) is 0 Å². The highest BCUT2D eigenvalue weighted by atomic mass is 79.9. The lowest BCUT2D eigenvalue weighted by Crippen LogP contribution is -2.52. The Morgan fingerprint density at radius 1 is 1.40 bits per heavy atom. The van der Waals surface area contributed by atoms with E-state index >= 15 is 0 Å². The lowest BCUT2D eigenvalue weighted by atomic mass is 9.97. The molecule has 2 fully saturated rings. The van der Waals surface area contributed by atoms with Gasteiger partial charge in [-0.3, -0.25) is 4.79 Å². The van der Waals surface area contributed by atoms with Gasteiger partial charge < -0.3 is 19.7 Å². The Morgan fingerprint density at radius 3 is 2.55 bits per heavy atom. The zero-order chi connectivity index (χ0) is 14.3. The highest BCUT2D eigenvalue weighted by Gasteiger charge is 2.44. The van der Waals surface area contributed by atoms with E-state index in [0.29, 0.717) is 17.5 Å². The zero-order valence-electron chi connectivity index (χ0n) is 10.6. The summed E-state index contributed by atoms with van der Waals surface area (Å²) in [6.07, 6.45) is 3.54. The molecule has 0 aromatic carbocycles. The number of rotatable bonds is 2. The summed E-state index contributed by atoms with van der Waals surface area (Å²) in [7, 11) is 0. The van der Waals surface area contributed by atoms with Crippen LogP contribution in [0, 0.1) is 0 Å². The molecule has 2 atom stereocenters. The van der Waals surface area contributed by atoms with Gasteiger partial charge in [0.15, 0.2) is 4.67 Å². The van der Waals surface area contributed by atoms with Crippen LogP contribution >= 0.6 is 15.9 Å². The first-order chi connectivity index (χ1) is 9.54. The van der Waals surface area contributed by atoms with E-state index < -0.39 is 6.09 Å². The lowest BCUT2D eigenvalue weighted by Gasteiger charge is -2.38. The number of halogens is 1. The predicted octanol–water partition coefficient (Wildman–Crippen LogP) is 1.84. The van der Waals surface area contributed by atoms with Crippen LogP contribution in [0.15, 0.2) is 15.3 Å². The van der Waals surface area contributed by atoms with E-state index in [0.717, 1.165) is 12.8 Å². The normalized spacial score (nSPS) is 28.4. The number of piperidine rings is 1. The maximum atomic E-state index is 12.4. The van der Waals surface area contributed by atoms with Crippen molar-refractivity contribution in [1.82, 2.24) is 15.2 Å². The second-order valence-corrected chi connectivity index (χ2v) is 5.97. The molecule has 2 bridgehead atoms. The minimum atomic E-state index is -1.01. The predicted molar refractivity (Wildman–Crippen MR) is 71.4 cm³/mol. The number of hydrogen-bond acceptors (Lipinski definition) is 4. The first-order valence-electron chi connectivity index (χ1n) is 6.48. The third-order valence-electron chi connectivity index (χ3n) is 3.96. The van der Waals surface area contributed by atoms with Crippen LogP contribution in [0.25, 0.3) is 0 Å². The second kappa shape index (κ2) is 5.08. The van der Waals surface area contributed by atoms with Crippen molar-refractivity contribution in [1.29, 1.82) is 0 Å². The van der Waals surface area contributed by atoms with E-state index in [1.165, 1.54) is 6.20 Å². The highest BCUT2D eigenvalue weighted by Crippen LogP contribution is 2.36. The van der Waals surface area contributed by atoms with E-state index in [1.807, 2.05) is 0 Å². The van der Waals surface area contributed by atoms with Crippen LogP contribution in [-0.2, 0) is 0 Å². The maximum absolute atomic E-state index is 12.4. The van der Waals surface area contributed by atoms with E-state index in [1.54, 1.807) is 4.90 Å². The van der Waals surface area contributed by atoms with E-state index in [-0.39, 0.29) is 29.9 Å². The molecule has 108 valence electrons. The largest absolute Gasteiger partial charge is 0.465 e. The molecular weight excluding hydrogens is 330 g/mol. The summed E-state index contributed by atoms with van der Waals surface area (Å²) in [5.41, 5.74) is 0. The Hall–Kier alpha value is -1.57. The monoisotopic (exact) mass is 343 g/mol. The third-order valence-corrected chi connectivity index (χ3v) is 4.32. The molecule has 2 saturated heterocycles. The second-order valence-electron chi connectivity index (χ2n) is 5.18. The van der Waals surface area contributed by atoms with Gasteiger partial charge in [0.05, 0.1) is 6.20 Å². The number of carbonyl (C=O) groups is 2. The van der Waals surface area contributed by atoms with Gasteiger partial charge in [0, 0.05) is 18.1 Å². The Morgan fingerprint density at radius 2 is 2.05 bits per heavy atom. The van der Waals surface area contributed by atoms with E-state index in [9.17, 15) is 9.59 Å². The van der Waals surface area contributed by atoms with Crippen molar-refractivity contribution >= 4 is 27.9 Å². The van der Waals surface area contributed by atoms with Gasteiger partial charge in [-0.05, 0) is 41.6 Å². The quantitative estimate of drug-likeness (QED) is 0.854. The van der Waals surface area contributed by atoms with Gasteiger partial charge in [0.25, 0.3) is 5.89 Å². The molecule has 1 aromatic heterocycles. The van der Waals surface area contributed by atoms with Crippen LogP contribution in [0.3, 0.4) is 0 Å². The Labute approximate surface area is 123 Å². The van der Waals surface area contributed by atoms with Crippen molar-refractivity contribution in [2.45, 2.75) is 43.8 Å². The first kappa shape index (κ1) is 13.4. The number of nitrogens with one attached hydrogen (secondary N) is 1. The van der Waals surface area contributed by atoms with Gasteiger partial charge >= 0.3 is 12.0 Å². The molecule has 0 saturated carbocycles. The minimum absolute atomic E-state index is 0.0591. The van der Waals surface area contributed by atoms with Gasteiger partial charge in [-0.15, -0.1) is 0 Å². The molecule has 2 aliphatic rings. The van der Waals surface area contributed by atoms with Crippen molar-refractivity contribution in [2.24, 2.45) is 0 Å². The summed E-state index contributed by atoms with van der Waals surface area (Å²) < 4.78 is 5.65. The number of carbonyl (C=O) groups excluding carboxylic acids is 1. The van der Waals surface area contributed by atoms with Crippen LogP contribution in [-0.4, -0.2) is 45.1 Å². The molecule has 8 heteroatoms. The Bertz CT molecular complexity index is 533. The van der Waals surface area contributed by atoms with Gasteiger partial charge in [0.1, 0.15) is 0 Å². The number of fused-ring (bicyclic) bond motifs is 2. The summed E-state index contributed by atoms with van der Waals surface area (Å²) >= 11 is 3.13. The molecule has 0 spiro atoms. The molecule has 2 unspecified atom stereocenters. The lowest BCUT2D eigenvalue weighted by molar-refractivity contribution is 0.0516. The molecule has 2 N–H and O–H groups in total. The molecule has 3 rings (SSSR count). The smallest absolute Gasteiger partial charge is 0.404 e. The van der Waals surface area contributed by atoms with Crippen molar-refractivity contribution in [3.8, 4) is 0 Å². The molecule has 2 aliphatic heterocycles. The third kappa shape index (κ3) is 2.39. The number of hydrogen-bond donors (Lipinski definition) is 2. The number of amides is 2. The van der Waals surface area contributed by atoms with Crippen LogP contribution in [0.2, 0.25) is 0 Å². The number of oxazole rings is 1. The van der Waals surface area contributed by atoms with Gasteiger partial charge in [0.2, 0.25) is 0 Å². The fraction of sp³-hybridized carbons (Fsp3) is 0.583. The summed E-state index contributed by atoms with van der Waals surface area (Å²) in [6.45, 7) is 0. The molecule has 0 radical (unpaired) electrons. The molecule has 20 heavy (non-hydrogen) atoms. The highest BCUT2D eigenvalue weighted by molar-refractivity contribution is 9.10. The minimum Gasteiger partial charge on any atom is -0.465 e. The van der Waals surface area contributed by atoms with Crippen molar-refractivity contribution in [3.05, 3.63) is 16.8 Å². The molecule has 2 amide bonds. The maximum Gasteiger partial charge on any atom is 0.404 e. The first-order valence-corrected chi connectivity index (χ1v) is 7.27. The topological polar surface area (TPSA) is 95.7 Å². The van der Waals surface area contributed by atoms with Gasteiger partial charge in [-0.1, -0.05) is 0 Å². The Kier molecular flexibility index (Phi) is 3.41. The molecule has 0 aliphatic carbocycles. The molecule has 3 heterocycles. The number of aromatic nitrogens is 1. The summed E-state index contributed by atoms with van der Waals surface area (Å²) in [4.78, 5) is 28.9. The number of carboxylic acid groups (broad SMARTS) is 1. The average molecular weight is 344 g/mol. The zero-order valence-corrected chi connectivity index (χ0v) is 12.2. The molecule has 1 aromatic rings. The van der Waals surface area contributed by atoms with Crippen LogP contribution in [0.4, 0.5) is 4.79 Å². The van der Waals surface area contributed by atoms with Crippen molar-refractivity contribution in [2.75, 3.05) is 0 Å². The fourth-order valence-electron chi connectivity index (χ4n) is 3.26. The van der Waals surface area contributed by atoms with Crippen LogP contribution in [0.1, 0.15) is 36.4 Å². The fourth-order valence-corrected chi connectivity index (χ4v) is 3.52. The van der Waals surface area contributed by atoms with Crippen molar-refractivity contribution < 1.29 is 19.1 Å². The number of nitrogens with zero attached hydrogens (tertiary/aromatic N) is 2. The van der Waals surface area contributed by atoms with E-state index in [2.05, 4.69) is 26.2 Å². The van der Waals surface area contributed by atoms with E-state index in [4.69, 9.17) is 9.52 Å². The average Bonchev–Trinajstić information content (AvgIpc) is 2.91. The van der Waals surface area contributed by atoms with Gasteiger partial charge in [-0.25, -0.2) is 9.78 Å². The summed E-state index contributed by atoms with van der Waals surface area (Å²) in [5.74, 6) is -0.129. The Balaban J connectivity index is 1.74. The van der Waals surface area contributed by atoms with Gasteiger partial charge in [-0.2, -0.15) is 0 Å². The van der Waals surface area contributed by atoms with Crippen LogP contribution < -0.4 is 5.32 Å². The van der Waals surface area contributed by atoms with Crippen molar-refractivity contribution in [3.63, 3.8) is 0 Å². The SMILES string of the molecule is O=C(O)NC1CC2CCC(C1)N2C(=O)c1ncc(Br)o1. The summed E-state index contributed by atoms with van der Waals surface area (Å²) in [5, 5.41) is 11.3.